The predicted octanol–water partition coefficient (Wildman–Crippen LogP) is 2.80. The molecule has 7 nitrogen and oxygen atoms in total. The average Bonchev–Trinajstić information content (AvgIpc) is 2.98. The molecular formula is C23H29N3O4S. The van der Waals surface area contributed by atoms with E-state index < -0.39 is 10.0 Å². The van der Waals surface area contributed by atoms with Gasteiger partial charge in [0.15, 0.2) is 0 Å². The number of benzene rings is 2. The van der Waals surface area contributed by atoms with Crippen molar-refractivity contribution in [2.45, 2.75) is 31.1 Å². The second-order valence-corrected chi connectivity index (χ2v) is 9.96. The Kier molecular flexibility index (Phi) is 6.60. The first-order chi connectivity index (χ1) is 14.9. The van der Waals surface area contributed by atoms with Crippen LogP contribution in [0.4, 0.5) is 11.4 Å². The first-order valence-corrected chi connectivity index (χ1v) is 12.2. The van der Waals surface area contributed by atoms with Crippen LogP contribution in [0.5, 0.6) is 0 Å². The van der Waals surface area contributed by atoms with Crippen molar-refractivity contribution >= 4 is 27.3 Å². The number of nitrogens with one attached hydrogen (secondary N) is 1. The van der Waals surface area contributed by atoms with Gasteiger partial charge in [0.25, 0.3) is 0 Å². The van der Waals surface area contributed by atoms with Gasteiger partial charge >= 0.3 is 0 Å². The summed E-state index contributed by atoms with van der Waals surface area (Å²) < 4.78 is 32.9. The molecular weight excluding hydrogens is 414 g/mol. The van der Waals surface area contributed by atoms with Crippen molar-refractivity contribution in [2.24, 2.45) is 0 Å². The SMILES string of the molecule is Cc1ccc(NC(=O)CN2CCCCc3ccccc32)cc1S(=O)(=O)N1CCOCC1. The van der Waals surface area contributed by atoms with E-state index in [1.165, 1.54) is 9.87 Å². The number of amides is 1. The van der Waals surface area contributed by atoms with Gasteiger partial charge in [-0.15, -0.1) is 0 Å². The maximum absolute atomic E-state index is 13.1. The largest absolute Gasteiger partial charge is 0.379 e. The molecule has 1 fully saturated rings. The van der Waals surface area contributed by atoms with Crippen LogP contribution in [-0.4, -0.2) is 58.0 Å². The average molecular weight is 444 g/mol. The fraction of sp³-hybridized carbons (Fsp3) is 0.435. The Hall–Kier alpha value is -2.42. The number of anilines is 2. The summed E-state index contributed by atoms with van der Waals surface area (Å²) in [5, 5.41) is 2.89. The first kappa shape index (κ1) is 21.8. The Balaban J connectivity index is 1.50. The Morgan fingerprint density at radius 2 is 1.84 bits per heavy atom. The number of carbonyl (C=O) groups excluding carboxylic acids is 1. The Morgan fingerprint density at radius 3 is 2.65 bits per heavy atom. The van der Waals surface area contributed by atoms with E-state index in [9.17, 15) is 13.2 Å². The number of ether oxygens (including phenoxy) is 1. The third-order valence-corrected chi connectivity index (χ3v) is 7.89. The molecule has 8 heteroatoms. The Morgan fingerprint density at radius 1 is 1.06 bits per heavy atom. The molecule has 0 spiro atoms. The summed E-state index contributed by atoms with van der Waals surface area (Å²) in [4.78, 5) is 15.2. The highest BCUT2D eigenvalue weighted by atomic mass is 32.2. The lowest BCUT2D eigenvalue weighted by molar-refractivity contribution is -0.115. The van der Waals surface area contributed by atoms with Gasteiger partial charge < -0.3 is 15.0 Å². The number of hydrogen-bond donors (Lipinski definition) is 1. The fourth-order valence-corrected chi connectivity index (χ4v) is 5.85. The van der Waals surface area contributed by atoms with Crippen LogP contribution < -0.4 is 10.2 Å². The maximum atomic E-state index is 13.1. The number of nitrogens with zero attached hydrogens (tertiary/aromatic N) is 2. The van der Waals surface area contributed by atoms with E-state index in [0.29, 0.717) is 37.6 Å². The molecule has 1 N–H and O–H groups in total. The smallest absolute Gasteiger partial charge is 0.243 e. The lowest BCUT2D eigenvalue weighted by atomic mass is 10.1. The summed E-state index contributed by atoms with van der Waals surface area (Å²) >= 11 is 0. The Bertz CT molecular complexity index is 1050. The summed E-state index contributed by atoms with van der Waals surface area (Å²) in [6.07, 6.45) is 3.17. The summed E-state index contributed by atoms with van der Waals surface area (Å²) in [7, 11) is -3.63. The van der Waals surface area contributed by atoms with Crippen molar-refractivity contribution in [1.29, 1.82) is 0 Å². The zero-order valence-corrected chi connectivity index (χ0v) is 18.7. The molecule has 31 heavy (non-hydrogen) atoms. The highest BCUT2D eigenvalue weighted by molar-refractivity contribution is 7.89. The van der Waals surface area contributed by atoms with Crippen molar-refractivity contribution < 1.29 is 17.9 Å². The van der Waals surface area contributed by atoms with Crippen LogP contribution in [0.1, 0.15) is 24.0 Å². The summed E-state index contributed by atoms with van der Waals surface area (Å²) in [6, 6.07) is 13.3. The van der Waals surface area contributed by atoms with Crippen molar-refractivity contribution in [3.05, 3.63) is 53.6 Å². The first-order valence-electron chi connectivity index (χ1n) is 10.8. The van der Waals surface area contributed by atoms with E-state index in [2.05, 4.69) is 22.3 Å². The quantitative estimate of drug-likeness (QED) is 0.769. The minimum Gasteiger partial charge on any atom is -0.379 e. The minimum absolute atomic E-state index is 0.157. The van der Waals surface area contributed by atoms with Gasteiger partial charge in [0.1, 0.15) is 0 Å². The molecule has 0 atom stereocenters. The van der Waals surface area contributed by atoms with Gasteiger partial charge in [-0.2, -0.15) is 4.31 Å². The van der Waals surface area contributed by atoms with Crippen molar-refractivity contribution in [3.63, 3.8) is 0 Å². The third-order valence-electron chi connectivity index (χ3n) is 5.85. The van der Waals surface area contributed by atoms with E-state index in [1.54, 1.807) is 25.1 Å². The molecule has 2 aliphatic rings. The summed E-state index contributed by atoms with van der Waals surface area (Å²) in [6.45, 7) is 4.30. The van der Waals surface area contributed by atoms with Crippen LogP contribution in [0.25, 0.3) is 0 Å². The number of carbonyl (C=O) groups is 1. The van der Waals surface area contributed by atoms with Gasteiger partial charge in [0, 0.05) is 31.0 Å². The number of hydrogen-bond acceptors (Lipinski definition) is 5. The van der Waals surface area contributed by atoms with Crippen LogP contribution in [0.2, 0.25) is 0 Å². The number of morpholine rings is 1. The monoisotopic (exact) mass is 443 g/mol. The van der Waals surface area contributed by atoms with Gasteiger partial charge in [0.2, 0.25) is 15.9 Å². The van der Waals surface area contributed by atoms with Crippen LogP contribution >= 0.6 is 0 Å². The lowest BCUT2D eigenvalue weighted by Crippen LogP contribution is -2.40. The van der Waals surface area contributed by atoms with E-state index in [0.717, 1.165) is 31.5 Å². The van der Waals surface area contributed by atoms with Crippen molar-refractivity contribution in [1.82, 2.24) is 4.31 Å². The normalized spacial score (nSPS) is 17.6. The molecule has 166 valence electrons. The Labute approximate surface area is 184 Å². The van der Waals surface area contributed by atoms with Gasteiger partial charge in [-0.05, 0) is 55.5 Å². The van der Waals surface area contributed by atoms with E-state index in [4.69, 9.17) is 4.74 Å². The van der Waals surface area contributed by atoms with E-state index >= 15 is 0 Å². The number of para-hydroxylation sites is 1. The fourth-order valence-electron chi connectivity index (χ4n) is 4.19. The molecule has 0 bridgehead atoms. The topological polar surface area (TPSA) is 79.0 Å². The molecule has 4 rings (SSSR count). The molecule has 2 aromatic carbocycles. The second-order valence-electron chi connectivity index (χ2n) is 8.05. The van der Waals surface area contributed by atoms with Gasteiger partial charge in [0.05, 0.1) is 24.7 Å². The molecule has 0 aromatic heterocycles. The number of sulfonamides is 1. The zero-order valence-electron chi connectivity index (χ0n) is 17.8. The molecule has 2 aromatic rings. The van der Waals surface area contributed by atoms with Crippen LogP contribution in [0.3, 0.4) is 0 Å². The van der Waals surface area contributed by atoms with E-state index in [-0.39, 0.29) is 17.3 Å². The third kappa shape index (κ3) is 4.92. The molecule has 2 heterocycles. The number of fused-ring (bicyclic) bond motifs is 1. The van der Waals surface area contributed by atoms with Crippen LogP contribution in [-0.2, 0) is 26.0 Å². The standard InChI is InChI=1S/C23H29N3O4S/c1-18-9-10-20(16-22(18)31(28,29)26-12-14-30-15-13-26)24-23(27)17-25-11-5-4-7-19-6-2-3-8-21(19)25/h2-3,6,8-10,16H,4-5,7,11-15,17H2,1H3,(H,24,27). The van der Waals surface area contributed by atoms with Gasteiger partial charge in [-0.3, -0.25) is 4.79 Å². The highest BCUT2D eigenvalue weighted by Crippen LogP contribution is 2.27. The van der Waals surface area contributed by atoms with E-state index in [1.807, 2.05) is 12.1 Å². The molecule has 0 unspecified atom stereocenters. The summed E-state index contributed by atoms with van der Waals surface area (Å²) in [5.74, 6) is -0.157. The van der Waals surface area contributed by atoms with Gasteiger partial charge in [-0.25, -0.2) is 8.42 Å². The highest BCUT2D eigenvalue weighted by Gasteiger charge is 2.28. The van der Waals surface area contributed by atoms with Crippen LogP contribution in [0.15, 0.2) is 47.4 Å². The van der Waals surface area contributed by atoms with Crippen molar-refractivity contribution in [3.8, 4) is 0 Å². The molecule has 2 aliphatic heterocycles. The molecule has 0 radical (unpaired) electrons. The second kappa shape index (κ2) is 9.38. The molecule has 1 saturated heterocycles. The molecule has 1 amide bonds. The van der Waals surface area contributed by atoms with Crippen molar-refractivity contribution in [2.75, 3.05) is 49.6 Å². The predicted molar refractivity (Wildman–Crippen MR) is 121 cm³/mol. The minimum atomic E-state index is -3.63. The number of aryl methyl sites for hydroxylation is 2. The van der Waals surface area contributed by atoms with Crippen LogP contribution in [0, 0.1) is 6.92 Å². The van der Waals surface area contributed by atoms with Gasteiger partial charge in [-0.1, -0.05) is 24.3 Å². The maximum Gasteiger partial charge on any atom is 0.243 e. The lowest BCUT2D eigenvalue weighted by Gasteiger charge is -2.27. The summed E-state index contributed by atoms with van der Waals surface area (Å²) in [5.41, 5.74) is 3.52. The number of rotatable bonds is 5. The zero-order chi connectivity index (χ0) is 21.8. The molecule has 0 saturated carbocycles. The molecule has 0 aliphatic carbocycles.